The Labute approximate surface area is 200 Å². The smallest absolute Gasteiger partial charge is 0.418 e. The van der Waals surface area contributed by atoms with Crippen LogP contribution in [0.1, 0.15) is 27.0 Å². The van der Waals surface area contributed by atoms with Crippen molar-refractivity contribution in [1.29, 1.82) is 0 Å². The van der Waals surface area contributed by atoms with Crippen LogP contribution in [0.4, 0.5) is 23.2 Å². The molecule has 1 aromatic heterocycles. The van der Waals surface area contributed by atoms with E-state index in [1.165, 1.54) is 6.07 Å². The van der Waals surface area contributed by atoms with Crippen LogP contribution in [0.2, 0.25) is 0 Å². The summed E-state index contributed by atoms with van der Waals surface area (Å²) in [5.74, 6) is -2.61. The zero-order valence-corrected chi connectivity index (χ0v) is 18.2. The number of ether oxygens (including phenoxy) is 1. The molecule has 0 unspecified atom stereocenters. The monoisotopic (exact) mass is 497 g/mol. The number of rotatable bonds is 4. The Bertz CT molecular complexity index is 1590. The highest BCUT2D eigenvalue weighted by Crippen LogP contribution is 2.37. The number of fused-ring (bicyclic) bond motifs is 2. The molecule has 4 aromatic rings. The molecule has 0 saturated heterocycles. The summed E-state index contributed by atoms with van der Waals surface area (Å²) in [6, 6.07) is 13.5. The largest absolute Gasteiger partial charge is 0.457 e. The third kappa shape index (κ3) is 4.21. The van der Waals surface area contributed by atoms with Crippen molar-refractivity contribution in [3.8, 4) is 11.1 Å². The van der Waals surface area contributed by atoms with E-state index in [2.05, 4.69) is 5.32 Å². The first kappa shape index (κ1) is 23.3. The summed E-state index contributed by atoms with van der Waals surface area (Å²) in [6.07, 6.45) is -5.54. The number of halogens is 4. The Morgan fingerprint density at radius 3 is 2.47 bits per heavy atom. The van der Waals surface area contributed by atoms with Crippen LogP contribution >= 0.6 is 0 Å². The van der Waals surface area contributed by atoms with E-state index in [1.807, 2.05) is 0 Å². The minimum absolute atomic E-state index is 0.0259. The van der Waals surface area contributed by atoms with Gasteiger partial charge in [-0.15, -0.1) is 0 Å². The Balaban J connectivity index is 1.61. The van der Waals surface area contributed by atoms with Crippen molar-refractivity contribution in [3.05, 3.63) is 99.2 Å². The number of carbonyl (C=O) groups excluding carboxylic acids is 2. The van der Waals surface area contributed by atoms with E-state index >= 15 is 0 Å². The predicted molar refractivity (Wildman–Crippen MR) is 121 cm³/mol. The lowest BCUT2D eigenvalue weighted by atomic mass is 9.93. The number of cyclic esters (lactones) is 1. The lowest BCUT2D eigenvalue weighted by Gasteiger charge is -2.15. The Morgan fingerprint density at radius 1 is 1.00 bits per heavy atom. The maximum atomic E-state index is 13.4. The molecule has 36 heavy (non-hydrogen) atoms. The van der Waals surface area contributed by atoms with Crippen molar-refractivity contribution in [2.75, 3.05) is 5.32 Å². The molecule has 182 valence electrons. The molecule has 1 amide bonds. The average molecular weight is 497 g/mol. The van der Waals surface area contributed by atoms with Crippen LogP contribution < -0.4 is 10.9 Å². The molecule has 0 atom stereocenters. The van der Waals surface area contributed by atoms with Gasteiger partial charge >= 0.3 is 17.8 Å². The lowest BCUT2D eigenvalue weighted by molar-refractivity contribution is -0.137. The van der Waals surface area contributed by atoms with Crippen molar-refractivity contribution in [2.45, 2.75) is 19.2 Å². The number of benzene rings is 3. The molecule has 2 heterocycles. The molecule has 0 fully saturated rings. The van der Waals surface area contributed by atoms with E-state index < -0.39 is 47.2 Å². The minimum Gasteiger partial charge on any atom is -0.457 e. The van der Waals surface area contributed by atoms with Crippen LogP contribution in [0.5, 0.6) is 0 Å². The molecule has 5 rings (SSSR count). The van der Waals surface area contributed by atoms with Gasteiger partial charge in [0.2, 0.25) is 5.91 Å². The molecule has 1 N–H and O–H groups in total. The minimum atomic E-state index is -4.91. The number of esters is 1. The predicted octanol–water partition coefficient (Wildman–Crippen LogP) is 5.47. The first-order valence-electron chi connectivity index (χ1n) is 10.6. The zero-order chi connectivity index (χ0) is 25.6. The van der Waals surface area contributed by atoms with Gasteiger partial charge in [-0.1, -0.05) is 30.3 Å². The molecule has 1 aliphatic rings. The quantitative estimate of drug-likeness (QED) is 0.230. The van der Waals surface area contributed by atoms with Gasteiger partial charge in [-0.2, -0.15) is 13.2 Å². The van der Waals surface area contributed by atoms with Gasteiger partial charge in [0.05, 0.1) is 28.8 Å². The number of hydrogen-bond donors (Lipinski definition) is 1. The van der Waals surface area contributed by atoms with Crippen LogP contribution in [0.15, 0.2) is 69.9 Å². The van der Waals surface area contributed by atoms with E-state index in [1.54, 1.807) is 36.4 Å². The normalized spacial score (nSPS) is 12.9. The summed E-state index contributed by atoms with van der Waals surface area (Å²) in [7, 11) is 0. The lowest BCUT2D eigenvalue weighted by Crippen LogP contribution is -2.22. The van der Waals surface area contributed by atoms with Crippen LogP contribution in [-0.4, -0.2) is 11.9 Å². The summed E-state index contributed by atoms with van der Waals surface area (Å²) in [6.45, 7) is 0.0259. The Kier molecular flexibility index (Phi) is 5.58. The fourth-order valence-corrected chi connectivity index (χ4v) is 4.17. The molecule has 0 radical (unpaired) electrons. The van der Waals surface area contributed by atoms with Crippen LogP contribution in [0.3, 0.4) is 0 Å². The van der Waals surface area contributed by atoms with Gasteiger partial charge in [-0.25, -0.2) is 14.0 Å². The van der Waals surface area contributed by atoms with Gasteiger partial charge in [0.15, 0.2) is 0 Å². The first-order valence-corrected chi connectivity index (χ1v) is 10.6. The molecule has 0 saturated carbocycles. The molecule has 1 aliphatic heterocycles. The second kappa shape index (κ2) is 8.63. The van der Waals surface area contributed by atoms with Gasteiger partial charge in [-0.05, 0) is 35.9 Å². The molecule has 10 heteroatoms. The maximum Gasteiger partial charge on any atom is 0.418 e. The van der Waals surface area contributed by atoms with Gasteiger partial charge in [0.1, 0.15) is 18.0 Å². The third-order valence-electron chi connectivity index (χ3n) is 5.77. The molecule has 3 aromatic carbocycles. The fraction of sp³-hybridized carbons (Fsp3) is 0.115. The highest BCUT2D eigenvalue weighted by Gasteiger charge is 2.34. The molecule has 0 aliphatic carbocycles. The van der Waals surface area contributed by atoms with Crippen molar-refractivity contribution < 1.29 is 36.3 Å². The van der Waals surface area contributed by atoms with Crippen LogP contribution in [0, 0.1) is 5.82 Å². The Morgan fingerprint density at radius 2 is 1.75 bits per heavy atom. The van der Waals surface area contributed by atoms with Gasteiger partial charge in [-0.3, -0.25) is 4.79 Å². The van der Waals surface area contributed by atoms with E-state index in [0.29, 0.717) is 22.1 Å². The van der Waals surface area contributed by atoms with Crippen molar-refractivity contribution in [1.82, 2.24) is 0 Å². The van der Waals surface area contributed by atoms with Gasteiger partial charge in [0, 0.05) is 16.5 Å². The summed E-state index contributed by atoms with van der Waals surface area (Å²) in [4.78, 5) is 37.8. The third-order valence-corrected chi connectivity index (χ3v) is 5.77. The highest BCUT2D eigenvalue weighted by atomic mass is 19.4. The van der Waals surface area contributed by atoms with Crippen molar-refractivity contribution >= 4 is 28.5 Å². The molecule has 0 spiro atoms. The topological polar surface area (TPSA) is 85.6 Å². The van der Waals surface area contributed by atoms with E-state index in [0.717, 1.165) is 12.1 Å². The number of anilines is 1. The van der Waals surface area contributed by atoms with Gasteiger partial charge in [0.25, 0.3) is 0 Å². The number of carbonyl (C=O) groups is 2. The van der Waals surface area contributed by atoms with E-state index in [-0.39, 0.29) is 29.4 Å². The van der Waals surface area contributed by atoms with Crippen LogP contribution in [0.25, 0.3) is 22.1 Å². The summed E-state index contributed by atoms with van der Waals surface area (Å²) in [5, 5.41) is 2.55. The number of hydrogen-bond acceptors (Lipinski definition) is 5. The summed E-state index contributed by atoms with van der Waals surface area (Å²) >= 11 is 0. The number of nitrogens with one attached hydrogen (secondary N) is 1. The van der Waals surface area contributed by atoms with Crippen molar-refractivity contribution in [3.63, 3.8) is 0 Å². The molecule has 0 bridgehead atoms. The van der Waals surface area contributed by atoms with Crippen LogP contribution in [-0.2, 0) is 28.7 Å². The van der Waals surface area contributed by atoms with Gasteiger partial charge < -0.3 is 14.5 Å². The number of alkyl halides is 3. The standard InChI is InChI=1S/C26H15F4NO5/c27-15-6-7-20(19(9-15)26(28,29)30)31-22(32)11-18-23(13-4-2-1-3-5-13)17-8-14-12-35-24(33)16(14)10-21(17)36-25(18)34/h1-10H,11-12H2,(H,31,32). The average Bonchev–Trinajstić information content (AvgIpc) is 3.19. The van der Waals surface area contributed by atoms with E-state index in [9.17, 15) is 31.9 Å². The highest BCUT2D eigenvalue weighted by molar-refractivity contribution is 6.03. The zero-order valence-electron chi connectivity index (χ0n) is 18.2. The Hall–Kier alpha value is -4.47. The molecular weight excluding hydrogens is 482 g/mol. The summed E-state index contributed by atoms with van der Waals surface area (Å²) < 4.78 is 63.9. The SMILES string of the molecule is O=C(Cc1c(-c2ccccc2)c2cc3c(cc2oc1=O)C(=O)OC3)Nc1ccc(F)cc1C(F)(F)F. The molecule has 6 nitrogen and oxygen atoms in total. The molecular formula is C26H15F4NO5. The maximum absolute atomic E-state index is 13.4. The van der Waals surface area contributed by atoms with E-state index in [4.69, 9.17) is 9.15 Å². The first-order chi connectivity index (χ1) is 17.1. The van der Waals surface area contributed by atoms with Crippen molar-refractivity contribution in [2.24, 2.45) is 0 Å². The second-order valence-electron chi connectivity index (χ2n) is 8.10. The number of amides is 1. The fourth-order valence-electron chi connectivity index (χ4n) is 4.17. The summed E-state index contributed by atoms with van der Waals surface area (Å²) in [5.41, 5.74) is -1.17. The second-order valence-corrected chi connectivity index (χ2v) is 8.10.